The number of aromatic nitrogens is 11. The monoisotopic (exact) mass is 1540 g/mol. The average Bonchev–Trinajstić information content (AvgIpc) is 1.68. The lowest BCUT2D eigenvalue weighted by Gasteiger charge is -2.09. The first kappa shape index (κ1) is 67.0. The summed E-state index contributed by atoms with van der Waals surface area (Å²) in [5.74, 6) is 2.97. The number of rotatable bonds is 8. The van der Waals surface area contributed by atoms with E-state index in [0.717, 1.165) is 119 Å². The summed E-state index contributed by atoms with van der Waals surface area (Å²) < 4.78 is 7.41. The second-order valence-corrected chi connectivity index (χ2v) is 26.3. The molecule has 0 saturated heterocycles. The summed E-state index contributed by atoms with van der Waals surface area (Å²) >= 11 is 22.4. The molecule has 12 aromatic carbocycles. The molecule has 0 radical (unpaired) electrons. The van der Waals surface area contributed by atoms with Gasteiger partial charge in [0.1, 0.15) is 11.5 Å². The number of nitrogens with zero attached hydrogens (tertiary/aromatic N) is 11. The van der Waals surface area contributed by atoms with Crippen molar-refractivity contribution < 1.29 is 0 Å². The zero-order valence-corrected chi connectivity index (χ0v) is 59.9. The molecule has 0 aliphatic rings. The first-order valence-corrected chi connectivity index (χ1v) is 35.3. The fourth-order valence-corrected chi connectivity index (χ4v) is 12.6. The summed E-state index contributed by atoms with van der Waals surface area (Å²) in [5.41, 5.74) is 16.0. The Hall–Kier alpha value is -11.2. The Balaban J connectivity index is 0.000000108. The van der Waals surface area contributed by atoms with Crippen LogP contribution in [0, 0.1) is 0 Å². The lowest BCUT2D eigenvalue weighted by molar-refractivity contribution is 1.07. The molecule has 0 saturated carbocycles. The fourth-order valence-electron chi connectivity index (χ4n) is 11.4. The molecule has 0 amide bonds. The van der Waals surface area contributed by atoms with Gasteiger partial charge < -0.3 is 4.40 Å². The van der Waals surface area contributed by atoms with Gasteiger partial charge in [-0.2, -0.15) is 0 Å². The molecule has 0 N–H and O–H groups in total. The molecule has 0 bridgehead atoms. The summed E-state index contributed by atoms with van der Waals surface area (Å²) in [6.07, 6.45) is 4.04. The maximum atomic E-state index is 6.10. The lowest BCUT2D eigenvalue weighted by Crippen LogP contribution is -1.99. The van der Waals surface area contributed by atoms with Gasteiger partial charge in [0.2, 0.25) is 10.6 Å². The second-order valence-electron chi connectivity index (χ2n) is 22.9. The Labute approximate surface area is 618 Å². The van der Waals surface area contributed by atoms with Crippen LogP contribution < -0.4 is 0 Å². The Bertz CT molecular complexity index is 5740. The van der Waals surface area contributed by atoms with Gasteiger partial charge in [-0.3, -0.25) is 4.57 Å². The van der Waals surface area contributed by atoms with E-state index < -0.39 is 0 Å². The highest BCUT2D eigenvalue weighted by Gasteiger charge is 2.17. The van der Waals surface area contributed by atoms with Crippen molar-refractivity contribution in [1.29, 1.82) is 0 Å². The lowest BCUT2D eigenvalue weighted by atomic mass is 9.99. The normalized spacial score (nSPS) is 10.8. The molecular formula is C85H56Br3Cl2N11. The third kappa shape index (κ3) is 16.1. The van der Waals surface area contributed by atoms with E-state index in [1.807, 2.05) is 253 Å². The van der Waals surface area contributed by atoms with Crippen LogP contribution in [-0.4, -0.2) is 53.8 Å². The van der Waals surface area contributed by atoms with Crippen LogP contribution in [0.4, 0.5) is 0 Å². The Morgan fingerprint density at radius 1 is 0.287 bits per heavy atom. The van der Waals surface area contributed by atoms with E-state index in [2.05, 4.69) is 173 Å². The van der Waals surface area contributed by atoms with E-state index in [0.29, 0.717) is 17.5 Å². The van der Waals surface area contributed by atoms with Crippen molar-refractivity contribution in [2.45, 2.75) is 0 Å². The first-order valence-electron chi connectivity index (χ1n) is 32.1. The van der Waals surface area contributed by atoms with E-state index in [9.17, 15) is 0 Å². The van der Waals surface area contributed by atoms with Crippen LogP contribution in [0.2, 0.25) is 10.6 Å². The predicted molar refractivity (Wildman–Crippen MR) is 424 cm³/mol. The van der Waals surface area contributed by atoms with Gasteiger partial charge >= 0.3 is 0 Å². The molecular weight excluding hydrogens is 1490 g/mol. The summed E-state index contributed by atoms with van der Waals surface area (Å²) in [6, 6.07) is 109. The summed E-state index contributed by atoms with van der Waals surface area (Å²) in [4.78, 5) is 40.8. The molecule has 0 aliphatic carbocycles. The maximum absolute atomic E-state index is 6.10. The number of hydrogen-bond acceptors (Lipinski definition) is 9. The van der Waals surface area contributed by atoms with Gasteiger partial charge in [-0.15, -0.1) is 0 Å². The number of para-hydroxylation sites is 5. The zero-order valence-electron chi connectivity index (χ0n) is 53.6. The molecule has 18 rings (SSSR count). The van der Waals surface area contributed by atoms with Gasteiger partial charge in [0.25, 0.3) is 0 Å². The molecule has 16 heteroatoms. The molecule has 6 aromatic heterocycles. The minimum absolute atomic E-state index is 0.275. The van der Waals surface area contributed by atoms with Crippen molar-refractivity contribution in [1.82, 2.24) is 53.8 Å². The van der Waals surface area contributed by atoms with E-state index in [-0.39, 0.29) is 10.6 Å². The van der Waals surface area contributed by atoms with Crippen molar-refractivity contribution in [2.75, 3.05) is 0 Å². The van der Waals surface area contributed by atoms with Gasteiger partial charge in [-0.25, -0.2) is 44.9 Å². The molecule has 486 valence electrons. The fraction of sp³-hybridized carbons (Fsp3) is 0. The van der Waals surface area contributed by atoms with Gasteiger partial charge in [0.15, 0.2) is 17.5 Å². The molecule has 11 nitrogen and oxygen atoms in total. The van der Waals surface area contributed by atoms with Crippen molar-refractivity contribution >= 4 is 120 Å². The van der Waals surface area contributed by atoms with Crippen LogP contribution in [0.1, 0.15) is 0 Å². The molecule has 0 fully saturated rings. The minimum Gasteiger partial charge on any atom is -0.306 e. The van der Waals surface area contributed by atoms with Crippen LogP contribution in [0.15, 0.2) is 353 Å². The molecule has 18 aromatic rings. The van der Waals surface area contributed by atoms with Crippen LogP contribution in [-0.2, 0) is 0 Å². The highest BCUT2D eigenvalue weighted by atomic mass is 79.9. The van der Waals surface area contributed by atoms with Crippen molar-refractivity contribution in [2.24, 2.45) is 0 Å². The summed E-state index contributed by atoms with van der Waals surface area (Å²) in [6.45, 7) is 0. The molecule has 6 heterocycles. The van der Waals surface area contributed by atoms with Gasteiger partial charge in [0, 0.05) is 81.2 Å². The van der Waals surface area contributed by atoms with Crippen LogP contribution in [0.5, 0.6) is 0 Å². The SMILES string of the molecule is Brc1ccc(-c2cn3ccccc3n2)cc1.Brc1ccc(-c2nc(-c3ccccc3)nc(-c3ccccc3)n2)cc1.Brc1ccc(-c2nc3ccccc3n2-c2ccccc2)cc1.Clc1nc(-c2cccc3ccccc23)c2ccccc2n1.Clc1nc(-c2ccccc2)c2ccccc2n1. The van der Waals surface area contributed by atoms with E-state index in [4.69, 9.17) is 38.2 Å². The molecule has 0 atom stereocenters. The van der Waals surface area contributed by atoms with E-state index in [1.54, 1.807) is 0 Å². The van der Waals surface area contributed by atoms with Gasteiger partial charge in [-0.1, -0.05) is 290 Å². The van der Waals surface area contributed by atoms with Gasteiger partial charge in [-0.05, 0) is 119 Å². The van der Waals surface area contributed by atoms with Crippen LogP contribution >= 0.6 is 71.0 Å². The third-order valence-electron chi connectivity index (χ3n) is 16.2. The molecule has 0 aliphatic heterocycles. The summed E-state index contributed by atoms with van der Waals surface area (Å²) in [7, 11) is 0. The Kier molecular flexibility index (Phi) is 21.1. The van der Waals surface area contributed by atoms with Crippen molar-refractivity contribution in [3.05, 3.63) is 364 Å². The molecule has 101 heavy (non-hydrogen) atoms. The van der Waals surface area contributed by atoms with Crippen molar-refractivity contribution in [3.8, 4) is 85.0 Å². The molecule has 0 spiro atoms. The van der Waals surface area contributed by atoms with Crippen LogP contribution in [0.25, 0.3) is 134 Å². The number of pyridine rings is 1. The molecule has 0 unspecified atom stereocenters. The number of benzene rings is 12. The average molecular weight is 1540 g/mol. The van der Waals surface area contributed by atoms with Gasteiger partial charge in [0.05, 0.1) is 39.1 Å². The predicted octanol–water partition coefficient (Wildman–Crippen LogP) is 23.9. The standard InChI is InChI=1S/C21H14BrN3.C19H13BrN2.C18H11ClN2.C14H9ClN2.C13H9BrN2/c22-18-13-11-17(12-14-18)21-24-19(15-7-3-1-4-8-15)23-20(25-21)16-9-5-2-6-10-16;20-15-12-10-14(11-13-15)19-21-17-8-4-5-9-18(17)22(19)16-6-2-1-3-7-16;19-18-20-16-11-4-3-9-15(16)17(21-18)14-10-5-7-12-6-1-2-8-13(12)14;15-14-16-12-9-5-4-8-11(12)13(17-14)10-6-2-1-3-7-10;14-11-6-4-10(5-7-11)12-9-16-8-2-1-3-13(16)15-12/h1-14H;1-13H;1-11H;1-9H;1-9H. The van der Waals surface area contributed by atoms with E-state index in [1.165, 1.54) is 10.8 Å². The number of imidazole rings is 2. The Morgan fingerprint density at radius 2 is 0.713 bits per heavy atom. The Morgan fingerprint density at radius 3 is 1.28 bits per heavy atom. The summed E-state index contributed by atoms with van der Waals surface area (Å²) in [5, 5.41) is 4.94. The highest BCUT2D eigenvalue weighted by molar-refractivity contribution is 9.11. The largest absolute Gasteiger partial charge is 0.306 e. The maximum Gasteiger partial charge on any atom is 0.223 e. The van der Waals surface area contributed by atoms with E-state index >= 15 is 0 Å². The quantitative estimate of drug-likeness (QED) is 0.137. The second kappa shape index (κ2) is 31.7. The minimum atomic E-state index is 0.275. The smallest absolute Gasteiger partial charge is 0.223 e. The third-order valence-corrected chi connectivity index (χ3v) is 18.2. The van der Waals surface area contributed by atoms with Crippen LogP contribution in [0.3, 0.4) is 0 Å². The zero-order chi connectivity index (χ0) is 68.9. The topological polar surface area (TPSA) is 125 Å². The number of fused-ring (bicyclic) bond motifs is 5. The van der Waals surface area contributed by atoms with Crippen molar-refractivity contribution in [3.63, 3.8) is 0 Å². The first-order chi connectivity index (χ1) is 49.6. The highest BCUT2D eigenvalue weighted by Crippen LogP contribution is 2.35. The number of hydrogen-bond donors (Lipinski definition) is 0. The number of halogens is 5.